The molecule has 2 aromatic heterocycles. The molecule has 0 atom stereocenters. The monoisotopic (exact) mass is 505 g/mol. The van der Waals surface area contributed by atoms with Gasteiger partial charge in [-0.25, -0.2) is 9.97 Å². The number of carbonyl (C=O) groups excluding carboxylic acids is 2. The maximum Gasteiger partial charge on any atom is 0.258 e. The van der Waals surface area contributed by atoms with Crippen molar-refractivity contribution in [1.82, 2.24) is 24.3 Å². The molecule has 0 aliphatic carbocycles. The molecule has 10 heteroatoms. The van der Waals surface area contributed by atoms with Crippen LogP contribution in [0.1, 0.15) is 58.9 Å². The number of hydrogen-bond donors (Lipinski definition) is 2. The van der Waals surface area contributed by atoms with Gasteiger partial charge >= 0.3 is 0 Å². The Morgan fingerprint density at radius 2 is 1.86 bits per heavy atom. The second-order valence-electron chi connectivity index (χ2n) is 9.87. The Balaban J connectivity index is 1.45. The summed E-state index contributed by atoms with van der Waals surface area (Å²) in [6, 6.07) is 8.79. The molecule has 10 nitrogen and oxygen atoms in total. The number of nitrogens with two attached hydrogens (primary N) is 1. The van der Waals surface area contributed by atoms with E-state index in [9.17, 15) is 9.59 Å². The van der Waals surface area contributed by atoms with Crippen LogP contribution >= 0.6 is 0 Å². The van der Waals surface area contributed by atoms with E-state index in [2.05, 4.69) is 10.2 Å². The number of rotatable bonds is 7. The minimum atomic E-state index is -0.286. The molecule has 2 saturated heterocycles. The van der Waals surface area contributed by atoms with Crippen LogP contribution < -0.4 is 11.1 Å². The zero-order valence-electron chi connectivity index (χ0n) is 21.4. The maximum atomic E-state index is 13.1. The number of nitrogen functional groups attached to an aromatic ring is 1. The van der Waals surface area contributed by atoms with Crippen molar-refractivity contribution in [3.05, 3.63) is 47.7 Å². The highest BCUT2D eigenvalue weighted by atomic mass is 16.5. The van der Waals surface area contributed by atoms with Gasteiger partial charge in [-0.15, -0.1) is 0 Å². The van der Waals surface area contributed by atoms with Gasteiger partial charge in [0.2, 0.25) is 5.95 Å². The van der Waals surface area contributed by atoms with Gasteiger partial charge in [-0.05, 0) is 56.4 Å². The van der Waals surface area contributed by atoms with Gasteiger partial charge in [0.15, 0.2) is 5.65 Å². The molecule has 0 unspecified atom stereocenters. The van der Waals surface area contributed by atoms with Gasteiger partial charge in [-0.1, -0.05) is 6.07 Å². The van der Waals surface area contributed by atoms with Crippen molar-refractivity contribution in [2.75, 3.05) is 57.5 Å². The molecule has 0 spiro atoms. The number of imidazole rings is 1. The van der Waals surface area contributed by atoms with Crippen molar-refractivity contribution in [2.24, 2.45) is 0 Å². The summed E-state index contributed by atoms with van der Waals surface area (Å²) in [7, 11) is 1.72. The van der Waals surface area contributed by atoms with Gasteiger partial charge in [0.05, 0.1) is 12.2 Å². The zero-order chi connectivity index (χ0) is 25.8. The highest BCUT2D eigenvalue weighted by Crippen LogP contribution is 2.31. The first-order valence-corrected chi connectivity index (χ1v) is 13.1. The number of piperidine rings is 2. The summed E-state index contributed by atoms with van der Waals surface area (Å²) >= 11 is 0. The molecule has 5 rings (SSSR count). The molecular weight excluding hydrogens is 470 g/mol. The number of hydrogen-bond acceptors (Lipinski definition) is 7. The average molecular weight is 506 g/mol. The fraction of sp³-hybridized carbons (Fsp3) is 0.481. The third-order valence-corrected chi connectivity index (χ3v) is 7.33. The number of nitrogens with zero attached hydrogens (tertiary/aromatic N) is 5. The quantitative estimate of drug-likeness (QED) is 0.474. The van der Waals surface area contributed by atoms with Crippen LogP contribution in [0.25, 0.3) is 11.2 Å². The van der Waals surface area contributed by atoms with Crippen molar-refractivity contribution in [3.8, 4) is 0 Å². The molecular formula is C27H35N7O3. The van der Waals surface area contributed by atoms with Gasteiger partial charge < -0.3 is 20.3 Å². The third kappa shape index (κ3) is 5.60. The van der Waals surface area contributed by atoms with E-state index in [1.807, 2.05) is 9.47 Å². The van der Waals surface area contributed by atoms with Crippen LogP contribution in [0.15, 0.2) is 36.5 Å². The summed E-state index contributed by atoms with van der Waals surface area (Å²) in [6.07, 6.45) is 6.65. The number of aromatic nitrogens is 3. The molecule has 196 valence electrons. The fourth-order valence-electron chi connectivity index (χ4n) is 5.29. The number of benzene rings is 1. The summed E-state index contributed by atoms with van der Waals surface area (Å²) in [6.45, 7) is 4.98. The Morgan fingerprint density at radius 3 is 2.59 bits per heavy atom. The molecule has 2 amide bonds. The van der Waals surface area contributed by atoms with Gasteiger partial charge in [-0.2, -0.15) is 0 Å². The Kier molecular flexibility index (Phi) is 7.66. The van der Waals surface area contributed by atoms with Crippen LogP contribution in [0.2, 0.25) is 0 Å². The van der Waals surface area contributed by atoms with E-state index in [4.69, 9.17) is 20.4 Å². The predicted octanol–water partition coefficient (Wildman–Crippen LogP) is 3.18. The summed E-state index contributed by atoms with van der Waals surface area (Å²) in [5.74, 6) is 0.138. The number of pyridine rings is 1. The molecule has 2 fully saturated rings. The van der Waals surface area contributed by atoms with Crippen molar-refractivity contribution >= 4 is 34.6 Å². The topological polar surface area (TPSA) is 119 Å². The smallest absolute Gasteiger partial charge is 0.258 e. The summed E-state index contributed by atoms with van der Waals surface area (Å²) < 4.78 is 7.26. The van der Waals surface area contributed by atoms with E-state index in [1.54, 1.807) is 43.6 Å². The van der Waals surface area contributed by atoms with Crippen LogP contribution in [-0.4, -0.2) is 82.6 Å². The van der Waals surface area contributed by atoms with Gasteiger partial charge in [0, 0.05) is 63.3 Å². The Bertz CT molecular complexity index is 1260. The lowest BCUT2D eigenvalue weighted by molar-refractivity contribution is 0.0724. The highest BCUT2D eigenvalue weighted by Gasteiger charge is 2.27. The second-order valence-corrected chi connectivity index (χ2v) is 9.87. The fourth-order valence-corrected chi connectivity index (χ4v) is 5.29. The highest BCUT2D eigenvalue weighted by molar-refractivity contribution is 6.04. The first kappa shape index (κ1) is 25.2. The molecule has 3 aromatic rings. The van der Waals surface area contributed by atoms with E-state index in [-0.39, 0.29) is 17.9 Å². The lowest BCUT2D eigenvalue weighted by Gasteiger charge is -2.33. The molecule has 37 heavy (non-hydrogen) atoms. The number of ether oxygens (including phenoxy) is 1. The van der Waals surface area contributed by atoms with Gasteiger partial charge in [-0.3, -0.25) is 19.5 Å². The number of amides is 2. The zero-order valence-corrected chi connectivity index (χ0v) is 21.4. The molecule has 0 saturated carbocycles. The van der Waals surface area contributed by atoms with Crippen molar-refractivity contribution < 1.29 is 14.3 Å². The van der Waals surface area contributed by atoms with Crippen LogP contribution in [-0.2, 0) is 4.74 Å². The van der Waals surface area contributed by atoms with Crippen molar-refractivity contribution in [1.29, 1.82) is 0 Å². The molecule has 0 bridgehead atoms. The van der Waals surface area contributed by atoms with Gasteiger partial charge in [0.1, 0.15) is 5.52 Å². The van der Waals surface area contributed by atoms with Crippen LogP contribution in [0.4, 0.5) is 11.6 Å². The second kappa shape index (κ2) is 11.3. The first-order valence-electron chi connectivity index (χ1n) is 13.1. The number of nitrogens with one attached hydrogen (secondary N) is 1. The summed E-state index contributed by atoms with van der Waals surface area (Å²) in [5.41, 5.74) is 8.68. The summed E-state index contributed by atoms with van der Waals surface area (Å²) in [4.78, 5) is 40.0. The number of anilines is 2. The van der Waals surface area contributed by atoms with Crippen molar-refractivity contribution in [3.63, 3.8) is 0 Å². The van der Waals surface area contributed by atoms with E-state index < -0.39 is 0 Å². The predicted molar refractivity (Wildman–Crippen MR) is 143 cm³/mol. The largest absolute Gasteiger partial charge is 0.399 e. The lowest BCUT2D eigenvalue weighted by atomic mass is 10.0. The standard InChI is InChI=1S/C27H35N7O3/c1-37-15-14-32-12-8-22(9-13-32)34-24-23(17-20(18-29-24)26(36)33-10-3-2-4-11-33)30-27(34)31-25(35)19-6-5-7-21(28)16-19/h5-7,16-18,22H,2-4,8-15,28H2,1H3,(H,30,31,35). The molecule has 0 radical (unpaired) electrons. The Labute approximate surface area is 216 Å². The van der Waals surface area contributed by atoms with Crippen LogP contribution in [0.3, 0.4) is 0 Å². The molecule has 4 heterocycles. The van der Waals surface area contributed by atoms with Crippen LogP contribution in [0.5, 0.6) is 0 Å². The van der Waals surface area contributed by atoms with E-state index in [1.165, 1.54) is 0 Å². The number of carbonyl (C=O) groups is 2. The molecule has 2 aliphatic heterocycles. The minimum absolute atomic E-state index is 0.0135. The van der Waals surface area contributed by atoms with E-state index >= 15 is 0 Å². The normalized spacial score (nSPS) is 17.3. The number of likely N-dealkylation sites (tertiary alicyclic amines) is 2. The van der Waals surface area contributed by atoms with Gasteiger partial charge in [0.25, 0.3) is 11.8 Å². The molecule has 2 aliphatic rings. The first-order chi connectivity index (χ1) is 18.0. The molecule has 1 aromatic carbocycles. The third-order valence-electron chi connectivity index (χ3n) is 7.33. The molecule has 3 N–H and O–H groups in total. The lowest BCUT2D eigenvalue weighted by Crippen LogP contribution is -2.37. The van der Waals surface area contributed by atoms with E-state index in [0.29, 0.717) is 40.5 Å². The number of fused-ring (bicyclic) bond motifs is 1. The summed E-state index contributed by atoms with van der Waals surface area (Å²) in [5, 5.41) is 2.99. The Hall–Kier alpha value is -3.50. The maximum absolute atomic E-state index is 13.1. The average Bonchev–Trinajstić information content (AvgIpc) is 3.29. The number of methoxy groups -OCH3 is 1. The van der Waals surface area contributed by atoms with Crippen molar-refractivity contribution in [2.45, 2.75) is 38.1 Å². The SMILES string of the molecule is COCCN1CCC(n2c(NC(=O)c3cccc(N)c3)nc3cc(C(=O)N4CCCCC4)cnc32)CC1. The van der Waals surface area contributed by atoms with E-state index in [0.717, 1.165) is 64.8 Å². The Morgan fingerprint density at radius 1 is 1.08 bits per heavy atom. The van der Waals surface area contributed by atoms with Crippen LogP contribution in [0, 0.1) is 0 Å². The minimum Gasteiger partial charge on any atom is -0.399 e.